The standard InChI is InChI=1S/C16H26N2OS/c1-13-6-11-20-16(13)12-17-7-8-18-9-10-19-15-5-3-2-4-14(15)18/h6,11,14-15,17H,2-5,7-10,12H2,1H3. The number of nitrogens with one attached hydrogen (secondary N) is 1. The van der Waals surface area contributed by atoms with Gasteiger partial charge in [0.15, 0.2) is 0 Å². The number of nitrogens with zero attached hydrogens (tertiary/aromatic N) is 1. The molecule has 1 aliphatic heterocycles. The Balaban J connectivity index is 1.42. The van der Waals surface area contributed by atoms with Gasteiger partial charge >= 0.3 is 0 Å². The molecule has 2 aliphatic rings. The van der Waals surface area contributed by atoms with E-state index in [9.17, 15) is 0 Å². The van der Waals surface area contributed by atoms with Crippen LogP contribution in [0.15, 0.2) is 11.4 Å². The highest BCUT2D eigenvalue weighted by Crippen LogP contribution is 2.28. The summed E-state index contributed by atoms with van der Waals surface area (Å²) in [5.41, 5.74) is 1.42. The van der Waals surface area contributed by atoms with E-state index in [1.54, 1.807) is 0 Å². The van der Waals surface area contributed by atoms with Crippen molar-refractivity contribution >= 4 is 11.3 Å². The molecule has 0 amide bonds. The molecule has 3 nitrogen and oxygen atoms in total. The van der Waals surface area contributed by atoms with Crippen LogP contribution in [0.2, 0.25) is 0 Å². The quantitative estimate of drug-likeness (QED) is 0.845. The van der Waals surface area contributed by atoms with Crippen molar-refractivity contribution in [2.24, 2.45) is 0 Å². The molecule has 1 N–H and O–H groups in total. The number of hydrogen-bond acceptors (Lipinski definition) is 4. The monoisotopic (exact) mass is 294 g/mol. The third kappa shape index (κ3) is 3.42. The number of thiophene rings is 1. The Morgan fingerprint density at radius 2 is 2.30 bits per heavy atom. The van der Waals surface area contributed by atoms with E-state index < -0.39 is 0 Å². The molecular formula is C16H26N2OS. The van der Waals surface area contributed by atoms with Gasteiger partial charge in [-0.25, -0.2) is 0 Å². The zero-order valence-corrected chi connectivity index (χ0v) is 13.3. The predicted molar refractivity (Wildman–Crippen MR) is 84.3 cm³/mol. The summed E-state index contributed by atoms with van der Waals surface area (Å²) in [5.74, 6) is 0. The summed E-state index contributed by atoms with van der Waals surface area (Å²) in [7, 11) is 0. The van der Waals surface area contributed by atoms with Crippen LogP contribution < -0.4 is 5.32 Å². The van der Waals surface area contributed by atoms with Crippen LogP contribution in [0.3, 0.4) is 0 Å². The SMILES string of the molecule is Cc1ccsc1CNCCN1CCOC2CCCCC21. The molecule has 1 saturated carbocycles. The second-order valence-corrected chi connectivity index (χ2v) is 7.00. The molecule has 1 aromatic rings. The first-order valence-corrected chi connectivity index (χ1v) is 8.82. The van der Waals surface area contributed by atoms with Gasteiger partial charge in [-0.3, -0.25) is 4.90 Å². The van der Waals surface area contributed by atoms with E-state index in [0.717, 1.165) is 32.8 Å². The van der Waals surface area contributed by atoms with Gasteiger partial charge in [-0.15, -0.1) is 11.3 Å². The minimum Gasteiger partial charge on any atom is -0.375 e. The van der Waals surface area contributed by atoms with Crippen LogP contribution >= 0.6 is 11.3 Å². The van der Waals surface area contributed by atoms with Crippen molar-refractivity contribution in [2.75, 3.05) is 26.2 Å². The van der Waals surface area contributed by atoms with Crippen molar-refractivity contribution < 1.29 is 4.74 Å². The molecule has 20 heavy (non-hydrogen) atoms. The molecular weight excluding hydrogens is 268 g/mol. The average Bonchev–Trinajstić information content (AvgIpc) is 2.89. The number of morpholine rings is 1. The fourth-order valence-electron chi connectivity index (χ4n) is 3.46. The number of fused-ring (bicyclic) bond motifs is 1. The molecule has 0 spiro atoms. The first-order valence-electron chi connectivity index (χ1n) is 7.94. The minimum atomic E-state index is 0.511. The lowest BCUT2D eigenvalue weighted by molar-refractivity contribution is -0.0873. The summed E-state index contributed by atoms with van der Waals surface area (Å²) in [4.78, 5) is 4.13. The van der Waals surface area contributed by atoms with Crippen molar-refractivity contribution in [3.8, 4) is 0 Å². The molecule has 1 saturated heterocycles. The van der Waals surface area contributed by atoms with E-state index in [0.29, 0.717) is 12.1 Å². The van der Waals surface area contributed by atoms with Gasteiger partial charge in [0.05, 0.1) is 12.7 Å². The van der Waals surface area contributed by atoms with Gasteiger partial charge in [-0.2, -0.15) is 0 Å². The maximum absolute atomic E-state index is 5.93. The van der Waals surface area contributed by atoms with E-state index in [4.69, 9.17) is 4.74 Å². The predicted octanol–water partition coefficient (Wildman–Crippen LogP) is 2.79. The Morgan fingerprint density at radius 3 is 3.15 bits per heavy atom. The van der Waals surface area contributed by atoms with Crippen LogP contribution in [-0.4, -0.2) is 43.3 Å². The molecule has 1 aliphatic carbocycles. The topological polar surface area (TPSA) is 24.5 Å². The Labute approximate surface area is 126 Å². The van der Waals surface area contributed by atoms with Gasteiger partial charge in [0, 0.05) is 37.1 Å². The van der Waals surface area contributed by atoms with Crippen LogP contribution in [-0.2, 0) is 11.3 Å². The third-order valence-electron chi connectivity index (χ3n) is 4.68. The highest BCUT2D eigenvalue weighted by molar-refractivity contribution is 7.10. The molecule has 0 bridgehead atoms. The second kappa shape index (κ2) is 7.03. The lowest BCUT2D eigenvalue weighted by Crippen LogP contribution is -2.54. The van der Waals surface area contributed by atoms with Crippen molar-refractivity contribution in [1.82, 2.24) is 10.2 Å². The van der Waals surface area contributed by atoms with E-state index in [-0.39, 0.29) is 0 Å². The van der Waals surface area contributed by atoms with Crippen LogP contribution in [0.1, 0.15) is 36.1 Å². The highest BCUT2D eigenvalue weighted by atomic mass is 32.1. The zero-order valence-electron chi connectivity index (χ0n) is 12.4. The highest BCUT2D eigenvalue weighted by Gasteiger charge is 2.33. The van der Waals surface area contributed by atoms with Crippen LogP contribution in [0, 0.1) is 6.92 Å². The Bertz CT molecular complexity index is 418. The molecule has 1 aromatic heterocycles. The fourth-order valence-corrected chi connectivity index (χ4v) is 4.34. The normalized spacial score (nSPS) is 27.4. The number of aryl methyl sites for hydroxylation is 1. The number of ether oxygens (including phenoxy) is 1. The van der Waals surface area contributed by atoms with E-state index in [1.165, 1.54) is 36.1 Å². The minimum absolute atomic E-state index is 0.511. The largest absolute Gasteiger partial charge is 0.375 e. The first-order chi connectivity index (χ1) is 9.84. The third-order valence-corrected chi connectivity index (χ3v) is 5.70. The summed E-state index contributed by atoms with van der Waals surface area (Å²) in [6, 6.07) is 2.89. The zero-order chi connectivity index (χ0) is 13.8. The van der Waals surface area contributed by atoms with Gasteiger partial charge in [0.25, 0.3) is 0 Å². The lowest BCUT2D eigenvalue weighted by Gasteiger charge is -2.43. The molecule has 112 valence electrons. The van der Waals surface area contributed by atoms with Gasteiger partial charge in [0.1, 0.15) is 0 Å². The Kier molecular flexibility index (Phi) is 5.10. The fraction of sp³-hybridized carbons (Fsp3) is 0.750. The molecule has 2 heterocycles. The van der Waals surface area contributed by atoms with Crippen LogP contribution in [0.25, 0.3) is 0 Å². The molecule has 4 heteroatoms. The maximum Gasteiger partial charge on any atom is 0.0730 e. The molecule has 2 atom stereocenters. The van der Waals surface area contributed by atoms with E-state index >= 15 is 0 Å². The van der Waals surface area contributed by atoms with E-state index in [1.807, 2.05) is 11.3 Å². The smallest absolute Gasteiger partial charge is 0.0730 e. The first kappa shape index (κ1) is 14.5. The molecule has 3 rings (SSSR count). The Hall–Kier alpha value is -0.420. The van der Waals surface area contributed by atoms with Crippen molar-refractivity contribution in [2.45, 2.75) is 51.3 Å². The van der Waals surface area contributed by atoms with Crippen LogP contribution in [0.5, 0.6) is 0 Å². The van der Waals surface area contributed by atoms with E-state index in [2.05, 4.69) is 28.6 Å². The van der Waals surface area contributed by atoms with Gasteiger partial charge < -0.3 is 10.1 Å². The molecule has 2 fully saturated rings. The van der Waals surface area contributed by atoms with Crippen molar-refractivity contribution in [1.29, 1.82) is 0 Å². The molecule has 0 radical (unpaired) electrons. The molecule has 0 aromatic carbocycles. The summed E-state index contributed by atoms with van der Waals surface area (Å²) < 4.78 is 5.93. The summed E-state index contributed by atoms with van der Waals surface area (Å²) in [6.45, 7) is 7.49. The van der Waals surface area contributed by atoms with Crippen molar-refractivity contribution in [3.05, 3.63) is 21.9 Å². The number of hydrogen-bond donors (Lipinski definition) is 1. The lowest BCUT2D eigenvalue weighted by atomic mass is 9.90. The second-order valence-electron chi connectivity index (χ2n) is 6.00. The number of rotatable bonds is 5. The van der Waals surface area contributed by atoms with Crippen molar-refractivity contribution in [3.63, 3.8) is 0 Å². The summed E-state index contributed by atoms with van der Waals surface area (Å²) in [6.07, 6.45) is 5.84. The average molecular weight is 294 g/mol. The van der Waals surface area contributed by atoms with Gasteiger partial charge in [0.2, 0.25) is 0 Å². The maximum atomic E-state index is 5.93. The van der Waals surface area contributed by atoms with Gasteiger partial charge in [-0.1, -0.05) is 12.8 Å². The van der Waals surface area contributed by atoms with Gasteiger partial charge in [-0.05, 0) is 36.8 Å². The van der Waals surface area contributed by atoms with Crippen LogP contribution in [0.4, 0.5) is 0 Å². The summed E-state index contributed by atoms with van der Waals surface area (Å²) in [5, 5.41) is 5.78. The summed E-state index contributed by atoms with van der Waals surface area (Å²) >= 11 is 1.86. The Morgan fingerprint density at radius 1 is 1.40 bits per heavy atom. The molecule has 2 unspecified atom stereocenters.